The van der Waals surface area contributed by atoms with Gasteiger partial charge < -0.3 is 14.2 Å². The largest absolute Gasteiger partial charge is 0.432 e. The molecule has 7 heteroatoms. The molecule has 4 nitrogen and oxygen atoms in total. The lowest BCUT2D eigenvalue weighted by molar-refractivity contribution is -0.251. The number of hydrogen-bond acceptors (Lipinski definition) is 4. The van der Waals surface area contributed by atoms with Crippen molar-refractivity contribution in [2.24, 2.45) is 29.6 Å². The first-order valence-electron chi connectivity index (χ1n) is 13.9. The van der Waals surface area contributed by atoms with Gasteiger partial charge in [0.25, 0.3) is 0 Å². The van der Waals surface area contributed by atoms with E-state index in [1.165, 1.54) is 49.9 Å². The molecule has 2 aliphatic carbocycles. The van der Waals surface area contributed by atoms with Gasteiger partial charge in [-0.3, -0.25) is 0 Å². The lowest BCUT2D eigenvalue weighted by Gasteiger charge is -2.41. The lowest BCUT2D eigenvalue weighted by atomic mass is 9.76. The highest BCUT2D eigenvalue weighted by molar-refractivity contribution is 5.65. The maximum atomic E-state index is 15.0. The number of rotatable bonds is 6. The Hall–Kier alpha value is -2.56. The van der Waals surface area contributed by atoms with Crippen LogP contribution in [0.25, 0.3) is 11.1 Å². The quantitative estimate of drug-likeness (QED) is 0.382. The highest BCUT2D eigenvalue weighted by Crippen LogP contribution is 2.43. The monoisotopic (exact) mass is 527 g/mol. The third-order valence-corrected chi connectivity index (χ3v) is 8.84. The Bertz CT molecular complexity index is 1110. The van der Waals surface area contributed by atoms with Crippen LogP contribution in [0.5, 0.6) is 5.75 Å². The number of nitriles is 1. The van der Waals surface area contributed by atoms with Gasteiger partial charge in [0.15, 0.2) is 6.29 Å². The molecular weight excluding hydrogens is 491 g/mol. The van der Waals surface area contributed by atoms with Gasteiger partial charge in [-0.25, -0.2) is 4.39 Å². The Morgan fingerprint density at radius 3 is 2.03 bits per heavy atom. The van der Waals surface area contributed by atoms with E-state index in [0.717, 1.165) is 5.92 Å². The predicted molar refractivity (Wildman–Crippen MR) is 138 cm³/mol. The molecule has 5 rings (SSSR count). The summed E-state index contributed by atoms with van der Waals surface area (Å²) < 4.78 is 61.4. The van der Waals surface area contributed by atoms with Crippen molar-refractivity contribution < 1.29 is 27.4 Å². The zero-order chi connectivity index (χ0) is 26.7. The van der Waals surface area contributed by atoms with Crippen LogP contribution in [0, 0.1) is 46.7 Å². The smallest absolute Gasteiger partial charge is 0.400 e. The fourth-order valence-electron chi connectivity index (χ4n) is 6.30. The van der Waals surface area contributed by atoms with Gasteiger partial charge in [0.05, 0.1) is 24.7 Å². The van der Waals surface area contributed by atoms with E-state index in [4.69, 9.17) is 19.5 Å². The minimum Gasteiger partial charge on any atom is -0.432 e. The molecule has 0 amide bonds. The minimum absolute atomic E-state index is 0.0389. The molecular formula is C31H36F3NO3. The summed E-state index contributed by atoms with van der Waals surface area (Å²) in [7, 11) is 0. The van der Waals surface area contributed by atoms with Gasteiger partial charge in [0.1, 0.15) is 17.6 Å². The molecule has 3 fully saturated rings. The molecule has 2 aromatic carbocycles. The van der Waals surface area contributed by atoms with Gasteiger partial charge in [0.2, 0.25) is 0 Å². The molecule has 0 aromatic heterocycles. The molecule has 0 atom stereocenters. The van der Waals surface area contributed by atoms with Gasteiger partial charge in [-0.2, -0.15) is 14.0 Å². The Kier molecular flexibility index (Phi) is 8.30. The van der Waals surface area contributed by atoms with Crippen molar-refractivity contribution in [3.05, 3.63) is 53.8 Å². The first-order chi connectivity index (χ1) is 18.3. The van der Waals surface area contributed by atoms with Gasteiger partial charge in [0, 0.05) is 11.8 Å². The average molecular weight is 528 g/mol. The van der Waals surface area contributed by atoms with E-state index in [1.807, 2.05) is 0 Å². The van der Waals surface area contributed by atoms with E-state index in [1.54, 1.807) is 24.3 Å². The maximum Gasteiger partial charge on any atom is 0.400 e. The molecule has 1 saturated heterocycles. The Labute approximate surface area is 223 Å². The van der Waals surface area contributed by atoms with Crippen LogP contribution in [-0.4, -0.2) is 25.6 Å². The first kappa shape index (κ1) is 27.0. The van der Waals surface area contributed by atoms with Crippen molar-refractivity contribution in [3.8, 4) is 22.9 Å². The van der Waals surface area contributed by atoms with E-state index >= 15 is 8.78 Å². The number of alkyl halides is 2. The molecule has 0 bridgehead atoms. The molecule has 1 aliphatic heterocycles. The van der Waals surface area contributed by atoms with Crippen LogP contribution < -0.4 is 4.74 Å². The molecule has 3 aliphatic rings. The summed E-state index contributed by atoms with van der Waals surface area (Å²) in [6.07, 6.45) is 3.46. The van der Waals surface area contributed by atoms with Crippen LogP contribution in [0.1, 0.15) is 63.9 Å². The summed E-state index contributed by atoms with van der Waals surface area (Å²) in [6.45, 7) is 3.76. The molecule has 2 aromatic rings. The summed E-state index contributed by atoms with van der Waals surface area (Å²) in [5.41, 5.74) is 1.17. The van der Waals surface area contributed by atoms with E-state index in [-0.39, 0.29) is 23.5 Å². The third kappa shape index (κ3) is 6.18. The van der Waals surface area contributed by atoms with Gasteiger partial charge in [-0.15, -0.1) is 0 Å². The summed E-state index contributed by atoms with van der Waals surface area (Å²) in [5.74, 6) is 0.675. The second kappa shape index (κ2) is 11.7. The number of hydrogen-bond donors (Lipinski definition) is 0. The normalized spacial score (nSPS) is 30.4. The Morgan fingerprint density at radius 1 is 0.816 bits per heavy atom. The van der Waals surface area contributed by atoms with Crippen LogP contribution >= 0.6 is 0 Å². The Balaban J connectivity index is 1.10. The molecule has 0 spiro atoms. The third-order valence-electron chi connectivity index (χ3n) is 8.84. The van der Waals surface area contributed by atoms with Crippen molar-refractivity contribution in [2.45, 2.75) is 70.7 Å². The summed E-state index contributed by atoms with van der Waals surface area (Å²) >= 11 is 0. The number of ether oxygens (including phenoxy) is 3. The van der Waals surface area contributed by atoms with Crippen molar-refractivity contribution in [1.82, 2.24) is 0 Å². The summed E-state index contributed by atoms with van der Waals surface area (Å²) in [6, 6.07) is 12.2. The zero-order valence-corrected chi connectivity index (χ0v) is 21.9. The Morgan fingerprint density at radius 2 is 1.42 bits per heavy atom. The SMILES string of the molecule is CC1CCC(C2COC(C3CCC(C(F)(F)Oc4ccc(-c5ccc(C#N)c(F)c5)cc4)CC3)OC2)CC1. The lowest BCUT2D eigenvalue weighted by Crippen LogP contribution is -2.43. The van der Waals surface area contributed by atoms with E-state index in [2.05, 4.69) is 6.92 Å². The maximum absolute atomic E-state index is 15.0. The summed E-state index contributed by atoms with van der Waals surface area (Å²) in [4.78, 5) is 0. The molecule has 0 unspecified atom stereocenters. The topological polar surface area (TPSA) is 51.5 Å². The van der Waals surface area contributed by atoms with Crippen LogP contribution in [0.4, 0.5) is 13.2 Å². The van der Waals surface area contributed by atoms with E-state index in [9.17, 15) is 4.39 Å². The molecule has 0 radical (unpaired) electrons. The van der Waals surface area contributed by atoms with Gasteiger partial charge in [-0.1, -0.05) is 38.0 Å². The van der Waals surface area contributed by atoms with Crippen molar-refractivity contribution in [1.29, 1.82) is 5.26 Å². The van der Waals surface area contributed by atoms with Crippen molar-refractivity contribution >= 4 is 0 Å². The van der Waals surface area contributed by atoms with E-state index < -0.39 is 17.8 Å². The minimum atomic E-state index is -3.29. The van der Waals surface area contributed by atoms with Crippen LogP contribution in [0.2, 0.25) is 0 Å². The van der Waals surface area contributed by atoms with Gasteiger partial charge >= 0.3 is 6.11 Å². The number of nitrogens with zero attached hydrogens (tertiary/aromatic N) is 1. The fourth-order valence-corrected chi connectivity index (χ4v) is 6.30. The zero-order valence-electron chi connectivity index (χ0n) is 21.9. The van der Waals surface area contributed by atoms with Crippen LogP contribution in [0.3, 0.4) is 0 Å². The molecule has 1 heterocycles. The highest BCUT2D eigenvalue weighted by Gasteiger charge is 2.46. The number of halogens is 3. The molecule has 2 saturated carbocycles. The molecule has 38 heavy (non-hydrogen) atoms. The average Bonchev–Trinajstić information content (AvgIpc) is 2.94. The van der Waals surface area contributed by atoms with Crippen molar-refractivity contribution in [2.75, 3.05) is 13.2 Å². The van der Waals surface area contributed by atoms with E-state index in [0.29, 0.717) is 61.9 Å². The second-order valence-corrected chi connectivity index (χ2v) is 11.4. The number of benzene rings is 2. The highest BCUT2D eigenvalue weighted by atomic mass is 19.3. The van der Waals surface area contributed by atoms with Crippen LogP contribution in [0.15, 0.2) is 42.5 Å². The van der Waals surface area contributed by atoms with Gasteiger partial charge in [-0.05, 0) is 85.8 Å². The van der Waals surface area contributed by atoms with Crippen LogP contribution in [-0.2, 0) is 9.47 Å². The van der Waals surface area contributed by atoms with Crippen molar-refractivity contribution in [3.63, 3.8) is 0 Å². The predicted octanol–water partition coefficient (Wildman–Crippen LogP) is 7.96. The molecule has 204 valence electrons. The second-order valence-electron chi connectivity index (χ2n) is 11.4. The molecule has 0 N–H and O–H groups in total. The summed E-state index contributed by atoms with van der Waals surface area (Å²) in [5, 5.41) is 8.88. The standard InChI is InChI=1S/C31H36F3NO3/c1-20-2-4-22(5-3-20)26-18-36-30(37-19-26)23-8-12-27(13-9-23)31(33,34)38-28-14-10-21(11-15-28)24-6-7-25(17-35)29(32)16-24/h6-7,10-11,14-16,20,22-23,26-27,30H,2-5,8-9,12-13,18-19H2,1H3. The fraction of sp³-hybridized carbons (Fsp3) is 0.581. The first-order valence-corrected chi connectivity index (χ1v) is 13.9.